The van der Waals surface area contributed by atoms with E-state index in [2.05, 4.69) is 5.32 Å². The van der Waals surface area contributed by atoms with Crippen molar-refractivity contribution in [2.75, 3.05) is 0 Å². The van der Waals surface area contributed by atoms with Crippen LogP contribution in [0.5, 0.6) is 0 Å². The first kappa shape index (κ1) is 24.3. The third-order valence-corrected chi connectivity index (χ3v) is 6.42. The second-order valence-corrected chi connectivity index (χ2v) is 9.09. The van der Waals surface area contributed by atoms with Crippen molar-refractivity contribution in [2.24, 2.45) is 0 Å². The molecule has 0 saturated carbocycles. The van der Waals surface area contributed by atoms with Crippen LogP contribution in [0, 0.1) is 11.6 Å². The minimum atomic E-state index is -1.00. The fourth-order valence-corrected chi connectivity index (χ4v) is 4.47. The maximum atomic E-state index is 13.7. The van der Waals surface area contributed by atoms with Gasteiger partial charge in [0.2, 0.25) is 11.8 Å². The van der Waals surface area contributed by atoms with Crippen molar-refractivity contribution in [3.8, 4) is 0 Å². The molecule has 0 saturated heterocycles. The molecule has 178 valence electrons. The van der Waals surface area contributed by atoms with Gasteiger partial charge in [-0.15, -0.1) is 11.3 Å². The van der Waals surface area contributed by atoms with Crippen LogP contribution in [-0.2, 0) is 29.1 Å². The van der Waals surface area contributed by atoms with E-state index in [1.165, 1.54) is 52.6 Å². The molecule has 2 amide bonds. The molecule has 1 N–H and O–H groups in total. The van der Waals surface area contributed by atoms with Crippen molar-refractivity contribution in [3.63, 3.8) is 0 Å². The summed E-state index contributed by atoms with van der Waals surface area (Å²) in [5.74, 6) is -1.48. The van der Waals surface area contributed by atoms with Crippen LogP contribution in [0.25, 0.3) is 0 Å². The van der Waals surface area contributed by atoms with E-state index in [1.807, 2.05) is 47.8 Å². The summed E-state index contributed by atoms with van der Waals surface area (Å²) < 4.78 is 27.2. The number of nitrogens with one attached hydrogen (secondary N) is 1. The summed E-state index contributed by atoms with van der Waals surface area (Å²) >= 11 is 1.46. The summed E-state index contributed by atoms with van der Waals surface area (Å²) in [6, 6.07) is 23.5. The molecule has 4 rings (SSSR count). The third-order valence-electron chi connectivity index (χ3n) is 5.55. The molecule has 0 bridgehead atoms. The summed E-state index contributed by atoms with van der Waals surface area (Å²) in [7, 11) is 0. The van der Waals surface area contributed by atoms with Gasteiger partial charge in [-0.1, -0.05) is 60.7 Å². The number of nitrogens with zero attached hydrogens (tertiary/aromatic N) is 1. The Labute approximate surface area is 206 Å². The SMILES string of the molecule is O=C(NCc1ccccc1)[C@H](c1ccc(F)cc1)N(Cc1ccc(F)cc1)C(=O)Cc1cccs1. The van der Waals surface area contributed by atoms with Gasteiger partial charge in [-0.05, 0) is 52.4 Å². The van der Waals surface area contributed by atoms with Gasteiger partial charge in [-0.2, -0.15) is 0 Å². The maximum absolute atomic E-state index is 13.7. The van der Waals surface area contributed by atoms with Gasteiger partial charge < -0.3 is 10.2 Å². The van der Waals surface area contributed by atoms with Crippen LogP contribution in [-0.4, -0.2) is 16.7 Å². The molecule has 0 unspecified atom stereocenters. The molecule has 0 fully saturated rings. The highest BCUT2D eigenvalue weighted by Crippen LogP contribution is 2.26. The Hall–Kier alpha value is -3.84. The van der Waals surface area contributed by atoms with Crippen molar-refractivity contribution in [3.05, 3.63) is 130 Å². The molecule has 4 aromatic rings. The van der Waals surface area contributed by atoms with Crippen molar-refractivity contribution in [2.45, 2.75) is 25.6 Å². The number of hydrogen-bond donors (Lipinski definition) is 1. The van der Waals surface area contributed by atoms with Gasteiger partial charge >= 0.3 is 0 Å². The Bertz CT molecular complexity index is 1240. The predicted molar refractivity (Wildman–Crippen MR) is 132 cm³/mol. The minimum Gasteiger partial charge on any atom is -0.350 e. The number of hydrogen-bond acceptors (Lipinski definition) is 3. The number of carbonyl (C=O) groups excluding carboxylic acids is 2. The average molecular weight is 491 g/mol. The fraction of sp³-hybridized carbons (Fsp3) is 0.143. The van der Waals surface area contributed by atoms with Crippen molar-refractivity contribution < 1.29 is 18.4 Å². The number of carbonyl (C=O) groups is 2. The number of halogens is 2. The van der Waals surface area contributed by atoms with Gasteiger partial charge in [0.1, 0.15) is 17.7 Å². The van der Waals surface area contributed by atoms with Crippen LogP contribution in [0.2, 0.25) is 0 Å². The molecule has 3 aromatic carbocycles. The topological polar surface area (TPSA) is 49.4 Å². The molecule has 35 heavy (non-hydrogen) atoms. The van der Waals surface area contributed by atoms with Crippen LogP contribution in [0.3, 0.4) is 0 Å². The summed E-state index contributed by atoms with van der Waals surface area (Å²) in [4.78, 5) is 29.4. The van der Waals surface area contributed by atoms with Gasteiger partial charge in [-0.25, -0.2) is 8.78 Å². The molecule has 1 aromatic heterocycles. The summed E-state index contributed by atoms with van der Waals surface area (Å²) in [6.45, 7) is 0.367. The number of rotatable bonds is 9. The van der Waals surface area contributed by atoms with E-state index in [-0.39, 0.29) is 37.1 Å². The van der Waals surface area contributed by atoms with Crippen molar-refractivity contribution in [1.29, 1.82) is 0 Å². The fourth-order valence-electron chi connectivity index (χ4n) is 3.77. The van der Waals surface area contributed by atoms with E-state index in [9.17, 15) is 18.4 Å². The maximum Gasteiger partial charge on any atom is 0.247 e. The van der Waals surface area contributed by atoms with Crippen molar-refractivity contribution >= 4 is 23.2 Å². The first-order valence-electron chi connectivity index (χ1n) is 11.1. The quantitative estimate of drug-likeness (QED) is 0.329. The summed E-state index contributed by atoms with van der Waals surface area (Å²) in [6.07, 6.45) is 0.114. The molecule has 0 spiro atoms. The second-order valence-electron chi connectivity index (χ2n) is 8.06. The lowest BCUT2D eigenvalue weighted by Crippen LogP contribution is -2.43. The predicted octanol–water partition coefficient (Wildman–Crippen LogP) is 5.66. The molecule has 0 aliphatic carbocycles. The van der Waals surface area contributed by atoms with Gasteiger partial charge in [0.25, 0.3) is 0 Å². The molecule has 1 atom stereocenters. The summed E-state index contributed by atoms with van der Waals surface area (Å²) in [5, 5.41) is 4.80. The highest BCUT2D eigenvalue weighted by atomic mass is 32.1. The standard InChI is InChI=1S/C28H24F2N2O2S/c29-23-12-8-21(9-13-23)19-32(26(33)17-25-7-4-16-35-25)27(22-10-14-24(30)15-11-22)28(34)31-18-20-5-2-1-3-6-20/h1-16,27H,17-19H2,(H,31,34)/t27-/m0/s1. The first-order chi connectivity index (χ1) is 17.0. The molecule has 1 heterocycles. The monoisotopic (exact) mass is 490 g/mol. The van der Waals surface area contributed by atoms with Gasteiger partial charge in [0, 0.05) is 18.0 Å². The van der Waals surface area contributed by atoms with E-state index in [1.54, 1.807) is 12.1 Å². The average Bonchev–Trinajstić information content (AvgIpc) is 3.38. The molecule has 0 aliphatic rings. The third kappa shape index (κ3) is 6.61. The lowest BCUT2D eigenvalue weighted by Gasteiger charge is -2.31. The Kier molecular flexibility index (Phi) is 8.00. The minimum absolute atomic E-state index is 0.0886. The zero-order valence-electron chi connectivity index (χ0n) is 18.9. The number of amides is 2. The van der Waals surface area contributed by atoms with Gasteiger partial charge in [0.05, 0.1) is 6.42 Å². The zero-order chi connectivity index (χ0) is 24.6. The largest absolute Gasteiger partial charge is 0.350 e. The molecular weight excluding hydrogens is 466 g/mol. The highest BCUT2D eigenvalue weighted by molar-refractivity contribution is 7.10. The van der Waals surface area contributed by atoms with E-state index < -0.39 is 11.9 Å². The van der Waals surface area contributed by atoms with Crippen LogP contribution in [0.4, 0.5) is 8.78 Å². The van der Waals surface area contributed by atoms with Crippen molar-refractivity contribution in [1.82, 2.24) is 10.2 Å². The van der Waals surface area contributed by atoms with Crippen LogP contribution in [0.15, 0.2) is 96.4 Å². The Morgan fingerprint density at radius 1 is 0.800 bits per heavy atom. The highest BCUT2D eigenvalue weighted by Gasteiger charge is 2.31. The zero-order valence-corrected chi connectivity index (χ0v) is 19.7. The molecular formula is C28H24F2N2O2S. The molecule has 0 radical (unpaired) electrons. The molecule has 7 heteroatoms. The Morgan fingerprint density at radius 2 is 1.46 bits per heavy atom. The number of thiophene rings is 1. The summed E-state index contributed by atoms with van der Waals surface area (Å²) in [5.41, 5.74) is 2.07. The van der Waals surface area contributed by atoms with Gasteiger partial charge in [0.15, 0.2) is 0 Å². The normalized spacial score (nSPS) is 11.6. The molecule has 4 nitrogen and oxygen atoms in total. The van der Waals surface area contributed by atoms with E-state index in [4.69, 9.17) is 0 Å². The lowest BCUT2D eigenvalue weighted by molar-refractivity contribution is -0.141. The molecule has 0 aliphatic heterocycles. The Morgan fingerprint density at radius 3 is 2.09 bits per heavy atom. The van der Waals surface area contributed by atoms with Gasteiger partial charge in [-0.3, -0.25) is 9.59 Å². The van der Waals surface area contributed by atoms with E-state index in [0.717, 1.165) is 10.4 Å². The Balaban J connectivity index is 1.68. The second kappa shape index (κ2) is 11.5. The van der Waals surface area contributed by atoms with Crippen LogP contribution in [0.1, 0.15) is 27.6 Å². The lowest BCUT2D eigenvalue weighted by atomic mass is 10.0. The smallest absolute Gasteiger partial charge is 0.247 e. The first-order valence-corrected chi connectivity index (χ1v) is 12.0. The van der Waals surface area contributed by atoms with E-state index >= 15 is 0 Å². The van der Waals surface area contributed by atoms with Crippen LogP contribution < -0.4 is 5.32 Å². The number of benzene rings is 3. The van der Waals surface area contributed by atoms with Crippen LogP contribution >= 0.6 is 11.3 Å². The van der Waals surface area contributed by atoms with E-state index in [0.29, 0.717) is 11.1 Å².